The van der Waals surface area contributed by atoms with Gasteiger partial charge in [0.25, 0.3) is 5.91 Å². The second-order valence-electron chi connectivity index (χ2n) is 5.64. The van der Waals surface area contributed by atoms with Gasteiger partial charge < -0.3 is 19.1 Å². The Labute approximate surface area is 141 Å². The fraction of sp³-hybridized carbons (Fsp3) is 0.316. The lowest BCUT2D eigenvalue weighted by molar-refractivity contribution is 0.0752. The highest BCUT2D eigenvalue weighted by molar-refractivity contribution is 5.94. The zero-order valence-electron chi connectivity index (χ0n) is 14.0. The number of carbonyl (C=O) groups excluding carboxylic acids is 1. The van der Waals surface area contributed by atoms with E-state index in [9.17, 15) is 4.79 Å². The second-order valence-corrected chi connectivity index (χ2v) is 5.64. The van der Waals surface area contributed by atoms with Crippen molar-refractivity contribution in [1.29, 1.82) is 0 Å². The first-order valence-corrected chi connectivity index (χ1v) is 7.97. The minimum atomic E-state index is 0.00752. The van der Waals surface area contributed by atoms with Crippen LogP contribution in [0.15, 0.2) is 42.5 Å². The number of benzene rings is 2. The Balaban J connectivity index is 1.75. The summed E-state index contributed by atoms with van der Waals surface area (Å²) in [5.41, 5.74) is 2.68. The highest BCUT2D eigenvalue weighted by atomic mass is 16.7. The first kappa shape index (κ1) is 16.3. The number of hydrogen-bond acceptors (Lipinski definition) is 4. The van der Waals surface area contributed by atoms with E-state index in [1.54, 1.807) is 7.11 Å². The van der Waals surface area contributed by atoms with Crippen LogP contribution in [0.1, 0.15) is 28.4 Å². The summed E-state index contributed by atoms with van der Waals surface area (Å²) >= 11 is 0. The van der Waals surface area contributed by atoms with Gasteiger partial charge in [0.15, 0.2) is 11.5 Å². The van der Waals surface area contributed by atoms with Crippen LogP contribution in [-0.4, -0.2) is 31.3 Å². The molecule has 0 atom stereocenters. The molecule has 5 nitrogen and oxygen atoms in total. The van der Waals surface area contributed by atoms with E-state index in [0.717, 1.165) is 22.6 Å². The van der Waals surface area contributed by atoms with Gasteiger partial charge in [0, 0.05) is 25.8 Å². The van der Waals surface area contributed by atoms with E-state index in [2.05, 4.69) is 0 Å². The largest absolute Gasteiger partial charge is 0.454 e. The van der Waals surface area contributed by atoms with Crippen molar-refractivity contribution in [2.45, 2.75) is 20.1 Å². The van der Waals surface area contributed by atoms with Crippen LogP contribution >= 0.6 is 0 Å². The zero-order valence-corrected chi connectivity index (χ0v) is 14.0. The molecule has 24 heavy (non-hydrogen) atoms. The molecule has 1 amide bonds. The summed E-state index contributed by atoms with van der Waals surface area (Å²) < 4.78 is 15.9. The molecule has 0 saturated heterocycles. The summed E-state index contributed by atoms with van der Waals surface area (Å²) in [7, 11) is 1.65. The van der Waals surface area contributed by atoms with Gasteiger partial charge in [0.1, 0.15) is 0 Å². The molecule has 1 aliphatic heterocycles. The van der Waals surface area contributed by atoms with E-state index < -0.39 is 0 Å². The summed E-state index contributed by atoms with van der Waals surface area (Å²) in [4.78, 5) is 14.6. The minimum absolute atomic E-state index is 0.00752. The van der Waals surface area contributed by atoms with Crippen LogP contribution in [0.25, 0.3) is 0 Å². The molecule has 1 aliphatic rings. The maximum atomic E-state index is 12.8. The van der Waals surface area contributed by atoms with E-state index in [0.29, 0.717) is 25.3 Å². The third-order valence-electron chi connectivity index (χ3n) is 3.96. The van der Waals surface area contributed by atoms with Gasteiger partial charge in [-0.2, -0.15) is 0 Å². The number of ether oxygens (including phenoxy) is 3. The SMILES string of the molecule is CCN(Cc1ccc2c(c1)OCO2)C(=O)c1cccc(COC)c1. The first-order valence-electron chi connectivity index (χ1n) is 7.97. The maximum Gasteiger partial charge on any atom is 0.254 e. The van der Waals surface area contributed by atoms with Crippen LogP contribution in [-0.2, 0) is 17.9 Å². The summed E-state index contributed by atoms with van der Waals surface area (Å²) in [6.45, 7) is 3.88. The summed E-state index contributed by atoms with van der Waals surface area (Å²) in [6, 6.07) is 13.3. The van der Waals surface area contributed by atoms with E-state index in [-0.39, 0.29) is 12.7 Å². The Kier molecular flexibility index (Phi) is 5.01. The second kappa shape index (κ2) is 7.36. The molecular formula is C19H21NO4. The average molecular weight is 327 g/mol. The Bertz CT molecular complexity index is 729. The summed E-state index contributed by atoms with van der Waals surface area (Å²) in [6.07, 6.45) is 0. The quantitative estimate of drug-likeness (QED) is 0.817. The molecule has 1 heterocycles. The number of carbonyl (C=O) groups is 1. The van der Waals surface area contributed by atoms with Crippen LogP contribution in [0.5, 0.6) is 11.5 Å². The smallest absolute Gasteiger partial charge is 0.254 e. The molecule has 3 rings (SSSR count). The van der Waals surface area contributed by atoms with Crippen molar-refractivity contribution in [3.63, 3.8) is 0 Å². The molecule has 0 fully saturated rings. The standard InChI is InChI=1S/C19H21NO4/c1-3-20(11-14-7-8-17-18(10-14)24-13-23-17)19(21)16-6-4-5-15(9-16)12-22-2/h4-10H,3,11-13H2,1-2H3. The highest BCUT2D eigenvalue weighted by Gasteiger charge is 2.18. The molecule has 2 aromatic carbocycles. The number of methoxy groups -OCH3 is 1. The lowest BCUT2D eigenvalue weighted by Gasteiger charge is -2.21. The molecule has 0 spiro atoms. The van der Waals surface area contributed by atoms with Crippen LogP contribution in [0.4, 0.5) is 0 Å². The maximum absolute atomic E-state index is 12.8. The highest BCUT2D eigenvalue weighted by Crippen LogP contribution is 2.32. The van der Waals surface area contributed by atoms with Crippen molar-refractivity contribution in [3.05, 3.63) is 59.2 Å². The summed E-state index contributed by atoms with van der Waals surface area (Å²) in [5, 5.41) is 0. The molecule has 126 valence electrons. The van der Waals surface area contributed by atoms with Gasteiger partial charge in [0.05, 0.1) is 6.61 Å². The molecule has 0 aromatic heterocycles. The molecule has 0 aliphatic carbocycles. The Hall–Kier alpha value is -2.53. The lowest BCUT2D eigenvalue weighted by atomic mass is 10.1. The van der Waals surface area contributed by atoms with Crippen LogP contribution in [0.3, 0.4) is 0 Å². The van der Waals surface area contributed by atoms with Crippen molar-refractivity contribution < 1.29 is 19.0 Å². The number of nitrogens with zero attached hydrogens (tertiary/aromatic N) is 1. The Morgan fingerprint density at radius 1 is 1.12 bits per heavy atom. The van der Waals surface area contributed by atoms with Crippen LogP contribution in [0, 0.1) is 0 Å². The Morgan fingerprint density at radius 3 is 2.75 bits per heavy atom. The fourth-order valence-corrected chi connectivity index (χ4v) is 2.73. The predicted octanol–water partition coefficient (Wildman–Crippen LogP) is 3.22. The van der Waals surface area contributed by atoms with Crippen molar-refractivity contribution in [1.82, 2.24) is 4.90 Å². The van der Waals surface area contributed by atoms with Crippen LogP contribution < -0.4 is 9.47 Å². The molecule has 0 radical (unpaired) electrons. The van der Waals surface area contributed by atoms with Gasteiger partial charge in [-0.1, -0.05) is 18.2 Å². The molecule has 0 N–H and O–H groups in total. The normalized spacial score (nSPS) is 12.2. The number of fused-ring (bicyclic) bond motifs is 1. The molecule has 5 heteroatoms. The molecule has 0 bridgehead atoms. The Morgan fingerprint density at radius 2 is 1.96 bits per heavy atom. The van der Waals surface area contributed by atoms with Gasteiger partial charge in [-0.25, -0.2) is 0 Å². The van der Waals surface area contributed by atoms with Crippen LogP contribution in [0.2, 0.25) is 0 Å². The fourth-order valence-electron chi connectivity index (χ4n) is 2.73. The molecule has 2 aromatic rings. The predicted molar refractivity (Wildman–Crippen MR) is 90.1 cm³/mol. The summed E-state index contributed by atoms with van der Waals surface area (Å²) in [5.74, 6) is 1.49. The van der Waals surface area contributed by atoms with Gasteiger partial charge in [-0.3, -0.25) is 4.79 Å². The average Bonchev–Trinajstić information content (AvgIpc) is 3.07. The van der Waals surface area contributed by atoms with Crippen molar-refractivity contribution in [3.8, 4) is 11.5 Å². The zero-order chi connectivity index (χ0) is 16.9. The van der Waals surface area contributed by atoms with Crippen molar-refractivity contribution >= 4 is 5.91 Å². The topological polar surface area (TPSA) is 48.0 Å². The van der Waals surface area contributed by atoms with E-state index >= 15 is 0 Å². The number of hydrogen-bond donors (Lipinski definition) is 0. The molecule has 0 unspecified atom stereocenters. The van der Waals surface area contributed by atoms with Gasteiger partial charge in [-0.15, -0.1) is 0 Å². The van der Waals surface area contributed by atoms with E-state index in [1.807, 2.05) is 54.3 Å². The van der Waals surface area contributed by atoms with Gasteiger partial charge >= 0.3 is 0 Å². The first-order chi connectivity index (χ1) is 11.7. The van der Waals surface area contributed by atoms with Crippen molar-refractivity contribution in [2.24, 2.45) is 0 Å². The monoisotopic (exact) mass is 327 g/mol. The molecular weight excluding hydrogens is 306 g/mol. The van der Waals surface area contributed by atoms with E-state index in [1.165, 1.54) is 0 Å². The van der Waals surface area contributed by atoms with Gasteiger partial charge in [0.2, 0.25) is 6.79 Å². The third kappa shape index (κ3) is 3.51. The lowest BCUT2D eigenvalue weighted by Crippen LogP contribution is -2.30. The van der Waals surface area contributed by atoms with Gasteiger partial charge in [-0.05, 0) is 42.3 Å². The van der Waals surface area contributed by atoms with Crippen molar-refractivity contribution in [2.75, 3.05) is 20.4 Å². The number of amides is 1. The minimum Gasteiger partial charge on any atom is -0.454 e. The molecule has 0 saturated carbocycles. The number of rotatable bonds is 6. The third-order valence-corrected chi connectivity index (χ3v) is 3.96. The van der Waals surface area contributed by atoms with E-state index in [4.69, 9.17) is 14.2 Å².